The van der Waals surface area contributed by atoms with Crippen LogP contribution in [0.4, 0.5) is 5.82 Å². The number of fused-ring (bicyclic) bond motifs is 1. The van der Waals surface area contributed by atoms with Crippen molar-refractivity contribution >= 4 is 17.2 Å². The van der Waals surface area contributed by atoms with E-state index in [4.69, 9.17) is 9.84 Å². The van der Waals surface area contributed by atoms with Gasteiger partial charge in [-0.15, -0.1) is 0 Å². The third-order valence-electron chi connectivity index (χ3n) is 6.25. The van der Waals surface area contributed by atoms with Crippen molar-refractivity contribution in [2.45, 2.75) is 19.4 Å². The molecule has 5 rings (SSSR count). The van der Waals surface area contributed by atoms with Crippen LogP contribution in [0, 0.1) is 5.92 Å². The van der Waals surface area contributed by atoms with Crippen LogP contribution < -0.4 is 15.0 Å². The van der Waals surface area contributed by atoms with Crippen molar-refractivity contribution in [1.82, 2.24) is 19.9 Å². The van der Waals surface area contributed by atoms with Gasteiger partial charge in [0.25, 0.3) is 0 Å². The molecule has 2 aromatic carbocycles. The molecule has 1 N–H and O–H groups in total. The number of para-hydroxylation sites is 1. The standard InChI is InChI=1S/C26H27N5O2/c1-33-24-10-6-5-9-21(24)18-28-26(32)20-11-14-30(15-12-20)25-23-17-22(19-7-3-2-4-8-19)29-31(23)16-13-27-25/h2-10,13,16-17,20H,11-12,14-15,18H2,1H3,(H,28,32). The first-order chi connectivity index (χ1) is 16.2. The van der Waals surface area contributed by atoms with Crippen molar-refractivity contribution in [3.63, 3.8) is 0 Å². The molecule has 0 aliphatic carbocycles. The van der Waals surface area contributed by atoms with Gasteiger partial charge in [0.1, 0.15) is 11.3 Å². The zero-order valence-electron chi connectivity index (χ0n) is 18.6. The molecule has 0 unspecified atom stereocenters. The number of hydrogen-bond donors (Lipinski definition) is 1. The summed E-state index contributed by atoms with van der Waals surface area (Å²) in [7, 11) is 1.65. The summed E-state index contributed by atoms with van der Waals surface area (Å²) in [5.74, 6) is 1.81. The highest BCUT2D eigenvalue weighted by atomic mass is 16.5. The van der Waals surface area contributed by atoms with E-state index < -0.39 is 0 Å². The van der Waals surface area contributed by atoms with Gasteiger partial charge in [-0.2, -0.15) is 5.10 Å². The fourth-order valence-corrected chi connectivity index (χ4v) is 4.43. The maximum atomic E-state index is 12.8. The number of rotatable bonds is 6. The summed E-state index contributed by atoms with van der Waals surface area (Å²) in [4.78, 5) is 19.7. The molecule has 0 spiro atoms. The second-order valence-corrected chi connectivity index (χ2v) is 8.27. The molecule has 1 aliphatic heterocycles. The van der Waals surface area contributed by atoms with E-state index in [1.165, 1.54) is 0 Å². The zero-order chi connectivity index (χ0) is 22.6. The molecule has 1 aliphatic rings. The molecule has 0 saturated carbocycles. The quantitative estimate of drug-likeness (QED) is 0.491. The minimum Gasteiger partial charge on any atom is -0.496 e. The molecule has 0 radical (unpaired) electrons. The number of carbonyl (C=O) groups is 1. The van der Waals surface area contributed by atoms with Crippen LogP contribution in [0.5, 0.6) is 5.75 Å². The number of anilines is 1. The molecule has 2 aromatic heterocycles. The van der Waals surface area contributed by atoms with Crippen molar-refractivity contribution in [1.29, 1.82) is 0 Å². The monoisotopic (exact) mass is 441 g/mol. The summed E-state index contributed by atoms with van der Waals surface area (Å²) in [6, 6.07) is 20.0. The van der Waals surface area contributed by atoms with Gasteiger partial charge in [-0.25, -0.2) is 9.50 Å². The second-order valence-electron chi connectivity index (χ2n) is 8.27. The van der Waals surface area contributed by atoms with E-state index in [1.807, 2.05) is 53.2 Å². The van der Waals surface area contributed by atoms with E-state index in [-0.39, 0.29) is 11.8 Å². The second kappa shape index (κ2) is 9.32. The summed E-state index contributed by atoms with van der Waals surface area (Å²) < 4.78 is 7.26. The summed E-state index contributed by atoms with van der Waals surface area (Å²) in [5, 5.41) is 7.81. The fourth-order valence-electron chi connectivity index (χ4n) is 4.43. The van der Waals surface area contributed by atoms with Crippen LogP contribution in [0.25, 0.3) is 16.8 Å². The summed E-state index contributed by atoms with van der Waals surface area (Å²) in [5.41, 5.74) is 3.97. The highest BCUT2D eigenvalue weighted by Crippen LogP contribution is 2.28. The molecule has 4 aromatic rings. The van der Waals surface area contributed by atoms with Crippen molar-refractivity contribution in [3.8, 4) is 17.0 Å². The van der Waals surface area contributed by atoms with Crippen LogP contribution in [0.1, 0.15) is 18.4 Å². The van der Waals surface area contributed by atoms with Crippen LogP contribution in [-0.2, 0) is 11.3 Å². The molecule has 3 heterocycles. The average Bonchev–Trinajstić information content (AvgIpc) is 3.33. The summed E-state index contributed by atoms with van der Waals surface area (Å²) in [6.45, 7) is 2.04. The number of nitrogens with zero attached hydrogens (tertiary/aromatic N) is 4. The highest BCUT2D eigenvalue weighted by molar-refractivity contribution is 5.80. The van der Waals surface area contributed by atoms with E-state index in [0.717, 1.165) is 59.8 Å². The highest BCUT2D eigenvalue weighted by Gasteiger charge is 2.27. The van der Waals surface area contributed by atoms with Gasteiger partial charge in [0.15, 0.2) is 5.82 Å². The van der Waals surface area contributed by atoms with E-state index in [2.05, 4.69) is 33.4 Å². The first-order valence-corrected chi connectivity index (χ1v) is 11.3. The van der Waals surface area contributed by atoms with E-state index in [0.29, 0.717) is 6.54 Å². The average molecular weight is 442 g/mol. The van der Waals surface area contributed by atoms with Crippen LogP contribution in [0.3, 0.4) is 0 Å². The Morgan fingerprint density at radius 3 is 2.64 bits per heavy atom. The molecular weight excluding hydrogens is 414 g/mol. The number of carbonyl (C=O) groups excluding carboxylic acids is 1. The Morgan fingerprint density at radius 2 is 1.85 bits per heavy atom. The first-order valence-electron chi connectivity index (χ1n) is 11.3. The predicted octanol–water partition coefficient (Wildman–Crippen LogP) is 3.94. The molecule has 7 heteroatoms. The van der Waals surface area contributed by atoms with Gasteiger partial charge in [0, 0.05) is 49.1 Å². The third-order valence-corrected chi connectivity index (χ3v) is 6.25. The molecule has 0 bridgehead atoms. The number of methoxy groups -OCH3 is 1. The van der Waals surface area contributed by atoms with Gasteiger partial charge in [0.2, 0.25) is 5.91 Å². The van der Waals surface area contributed by atoms with Gasteiger partial charge in [-0.05, 0) is 25.0 Å². The minimum absolute atomic E-state index is 0.000445. The minimum atomic E-state index is 0.000445. The molecular formula is C26H27N5O2. The van der Waals surface area contributed by atoms with Crippen LogP contribution in [0.15, 0.2) is 73.1 Å². The Kier molecular flexibility index (Phi) is 5.93. The van der Waals surface area contributed by atoms with Crippen LogP contribution in [0.2, 0.25) is 0 Å². The van der Waals surface area contributed by atoms with Gasteiger partial charge < -0.3 is 15.0 Å². The first kappa shape index (κ1) is 21.0. The molecule has 7 nitrogen and oxygen atoms in total. The Morgan fingerprint density at radius 1 is 1.09 bits per heavy atom. The van der Waals surface area contributed by atoms with Crippen LogP contribution in [-0.4, -0.2) is 40.7 Å². The van der Waals surface area contributed by atoms with Gasteiger partial charge in [-0.1, -0.05) is 48.5 Å². The van der Waals surface area contributed by atoms with Gasteiger partial charge in [-0.3, -0.25) is 4.79 Å². The molecule has 33 heavy (non-hydrogen) atoms. The van der Waals surface area contributed by atoms with Crippen LogP contribution >= 0.6 is 0 Å². The Labute approximate surface area is 193 Å². The molecule has 1 fully saturated rings. The molecule has 0 atom stereocenters. The summed E-state index contributed by atoms with van der Waals surface area (Å²) in [6.07, 6.45) is 5.25. The Hall–Kier alpha value is -3.87. The Bertz CT molecular complexity index is 1250. The maximum absolute atomic E-state index is 12.8. The molecule has 168 valence electrons. The number of ether oxygens (including phenoxy) is 1. The fraction of sp³-hybridized carbons (Fsp3) is 0.269. The number of amides is 1. The van der Waals surface area contributed by atoms with Crippen molar-refractivity contribution in [3.05, 3.63) is 78.6 Å². The lowest BCUT2D eigenvalue weighted by Gasteiger charge is -2.32. The zero-order valence-corrected chi connectivity index (χ0v) is 18.6. The molecule has 1 amide bonds. The molecule has 1 saturated heterocycles. The van der Waals surface area contributed by atoms with Gasteiger partial charge in [0.05, 0.1) is 12.8 Å². The maximum Gasteiger partial charge on any atom is 0.223 e. The van der Waals surface area contributed by atoms with Crippen molar-refractivity contribution < 1.29 is 9.53 Å². The normalized spacial score (nSPS) is 14.4. The largest absolute Gasteiger partial charge is 0.496 e. The number of hydrogen-bond acceptors (Lipinski definition) is 5. The Balaban J connectivity index is 1.24. The van der Waals surface area contributed by atoms with Crippen molar-refractivity contribution in [2.24, 2.45) is 5.92 Å². The lowest BCUT2D eigenvalue weighted by Crippen LogP contribution is -2.40. The van der Waals surface area contributed by atoms with E-state index >= 15 is 0 Å². The van der Waals surface area contributed by atoms with Crippen molar-refractivity contribution in [2.75, 3.05) is 25.1 Å². The number of aromatic nitrogens is 3. The predicted molar refractivity (Wildman–Crippen MR) is 128 cm³/mol. The lowest BCUT2D eigenvalue weighted by atomic mass is 9.95. The lowest BCUT2D eigenvalue weighted by molar-refractivity contribution is -0.125. The van der Waals surface area contributed by atoms with Gasteiger partial charge >= 0.3 is 0 Å². The summed E-state index contributed by atoms with van der Waals surface area (Å²) >= 11 is 0. The third kappa shape index (κ3) is 4.39. The topological polar surface area (TPSA) is 71.8 Å². The van der Waals surface area contributed by atoms with E-state index in [9.17, 15) is 4.79 Å². The smallest absolute Gasteiger partial charge is 0.223 e. The SMILES string of the molecule is COc1ccccc1CNC(=O)C1CCN(c2nccn3nc(-c4ccccc4)cc23)CC1. The van der Waals surface area contributed by atoms with E-state index in [1.54, 1.807) is 13.3 Å². The number of benzene rings is 2. The number of nitrogens with one attached hydrogen (secondary N) is 1. The number of piperidine rings is 1.